The number of hydrogen-bond acceptors (Lipinski definition) is 15. The van der Waals surface area contributed by atoms with E-state index in [1.807, 2.05) is 25.9 Å². The fraction of sp³-hybridized carbons (Fsp3) is 0.873. The molecule has 4 bridgehead atoms. The Bertz CT molecular complexity index is 3230. The molecule has 2 aliphatic heterocycles. The molecule has 8 fully saturated rings. The lowest BCUT2D eigenvalue weighted by atomic mass is 9.34. The predicted octanol–water partition coefficient (Wildman–Crippen LogP) is 14.0. The van der Waals surface area contributed by atoms with Gasteiger partial charge in [0.1, 0.15) is 12.7 Å². The Morgan fingerprint density at radius 2 is 1.08 bits per heavy atom. The van der Waals surface area contributed by atoms with E-state index in [2.05, 4.69) is 181 Å². The van der Waals surface area contributed by atoms with Gasteiger partial charge < -0.3 is 56.0 Å². The standard InChI is InChI=1S/C39H65N5O4.C38H65NO5.C2H4N4/c1-23(2)25(5)34(6)16-17-36(8)26-12-13-29-35(7)19-47-21-39(29,27(26)14-15-37(36,9)30(34)32(45)46)18-28(44-22-42-33(40)43-44)31(35)48-20-38(10,41-11)24(3)4;1-23(2)25(5)33(6)17-18-35(8)26-13-14-29-34(7)20-43-22-38(29,27(26)15-16-36(35,9)30(33)32(40)41)19-28(42-12)31(34)44-21-37(10,39-11)24(3)4;3-2-4-1-5-6-2/h14,22-26,28-31,41H,12-13,15-21H2,1-11H3,(H2,40,43)(H,45,46);15,23-26,28-31,39H,13-14,16-22H2,1-12H3,(H,40,41);1H,(H3,3,4,5,6)/t25-,26+,28-,29+,30-,31+,34-,35-,36-,37+,38+,39+;25-,26+,28-,29+,30-,31+,33-,34-,35-,36+,37+,38+;/m11./s1. The third-order valence-electron chi connectivity index (χ3n) is 32.6. The molecule has 24 atom stereocenters. The number of aromatic nitrogens is 6. The van der Waals surface area contributed by atoms with Gasteiger partial charge in [0.25, 0.3) is 0 Å². The Morgan fingerprint density at radius 3 is 1.44 bits per heavy atom. The van der Waals surface area contributed by atoms with E-state index in [9.17, 15) is 19.8 Å². The first kappa shape index (κ1) is 76.7. The van der Waals surface area contributed by atoms with Gasteiger partial charge in [-0.15, -0.1) is 5.10 Å². The summed E-state index contributed by atoms with van der Waals surface area (Å²) in [6.45, 7) is 50.0. The highest BCUT2D eigenvalue weighted by Crippen LogP contribution is 2.78. The van der Waals surface area contributed by atoms with Crippen molar-refractivity contribution < 1.29 is 43.5 Å². The summed E-state index contributed by atoms with van der Waals surface area (Å²) in [7, 11) is 5.92. The van der Waals surface area contributed by atoms with Crippen molar-refractivity contribution in [3.63, 3.8) is 0 Å². The molecule has 4 heterocycles. The number of aromatic amines is 1. The number of methoxy groups -OCH3 is 1. The molecule has 8 aliphatic carbocycles. The van der Waals surface area contributed by atoms with E-state index < -0.39 is 17.9 Å². The van der Waals surface area contributed by atoms with Crippen molar-refractivity contribution in [3.05, 3.63) is 36.0 Å². The molecule has 0 aromatic carbocycles. The van der Waals surface area contributed by atoms with Gasteiger partial charge in [-0.2, -0.15) is 5.10 Å². The lowest BCUT2D eigenvalue weighted by Crippen LogP contribution is -2.70. The van der Waals surface area contributed by atoms with Crippen LogP contribution in [-0.4, -0.2) is 142 Å². The molecule has 19 heteroatoms. The van der Waals surface area contributed by atoms with Crippen molar-refractivity contribution in [1.29, 1.82) is 0 Å². The molecule has 2 aromatic heterocycles. The number of fused-ring (bicyclic) bond motifs is 6. The maximum absolute atomic E-state index is 13.4. The van der Waals surface area contributed by atoms with E-state index in [1.54, 1.807) is 11.9 Å². The van der Waals surface area contributed by atoms with Crippen LogP contribution in [0.15, 0.2) is 36.0 Å². The van der Waals surface area contributed by atoms with Gasteiger partial charge in [0.05, 0.1) is 75.8 Å². The fourth-order valence-corrected chi connectivity index (χ4v) is 24.5. The number of carboxylic acid groups (broad SMARTS) is 2. The molecular formula is C79H134N10O9. The van der Waals surface area contributed by atoms with Gasteiger partial charge in [-0.1, -0.05) is 148 Å². The normalized spacial score (nSPS) is 43.4. The quantitative estimate of drug-likeness (QED) is 0.0684. The topological polar surface area (TPSA) is 269 Å². The number of carbonyl (C=O) groups is 2. The van der Waals surface area contributed by atoms with E-state index in [4.69, 9.17) is 40.3 Å². The molecule has 98 heavy (non-hydrogen) atoms. The Hall–Kier alpha value is -3.98. The molecule has 10 aliphatic rings. The molecule has 2 saturated heterocycles. The zero-order chi connectivity index (χ0) is 72.3. The van der Waals surface area contributed by atoms with Gasteiger partial charge in [-0.3, -0.25) is 9.59 Å². The molecule has 9 N–H and O–H groups in total. The van der Waals surface area contributed by atoms with E-state index >= 15 is 0 Å². The molecular weight excluding hydrogens is 1230 g/mol. The Kier molecular flexibility index (Phi) is 21.1. The second-order valence-electron chi connectivity index (χ2n) is 37.5. The minimum Gasteiger partial charge on any atom is -0.481 e. The molecule has 6 saturated carbocycles. The number of nitrogens with one attached hydrogen (secondary N) is 3. The van der Waals surface area contributed by atoms with Crippen LogP contribution < -0.4 is 22.1 Å². The van der Waals surface area contributed by atoms with Crippen molar-refractivity contribution in [2.45, 2.75) is 251 Å². The number of carboxylic acids is 2. The summed E-state index contributed by atoms with van der Waals surface area (Å²) in [5, 5.41) is 39.7. The van der Waals surface area contributed by atoms with E-state index in [1.165, 1.54) is 11.9 Å². The van der Waals surface area contributed by atoms with Gasteiger partial charge >= 0.3 is 11.9 Å². The Labute approximate surface area is 589 Å². The summed E-state index contributed by atoms with van der Waals surface area (Å²) < 4.78 is 35.8. The van der Waals surface area contributed by atoms with Gasteiger partial charge in [-0.25, -0.2) is 19.7 Å². The number of anilines is 2. The third kappa shape index (κ3) is 11.6. The number of ether oxygens (including phenoxy) is 5. The first-order valence-corrected chi connectivity index (χ1v) is 38.1. The van der Waals surface area contributed by atoms with E-state index in [0.29, 0.717) is 98.2 Å². The van der Waals surface area contributed by atoms with Crippen LogP contribution in [0.1, 0.15) is 222 Å². The van der Waals surface area contributed by atoms with Crippen LogP contribution in [0.4, 0.5) is 11.9 Å². The number of nitrogen functional groups attached to an aromatic ring is 2. The molecule has 0 amide bonds. The molecule has 12 rings (SSSR count). The van der Waals surface area contributed by atoms with Crippen molar-refractivity contribution in [3.8, 4) is 0 Å². The zero-order valence-corrected chi connectivity index (χ0v) is 64.9. The number of likely N-dealkylation sites (N-methyl/N-ethyl adjacent to an activating group) is 2. The summed E-state index contributed by atoms with van der Waals surface area (Å²) >= 11 is 0. The second kappa shape index (κ2) is 26.9. The molecule has 0 radical (unpaired) electrons. The van der Waals surface area contributed by atoms with Crippen LogP contribution in [0, 0.1) is 125 Å². The van der Waals surface area contributed by atoms with Gasteiger partial charge in [0, 0.05) is 39.8 Å². The van der Waals surface area contributed by atoms with Crippen molar-refractivity contribution >= 4 is 23.8 Å². The van der Waals surface area contributed by atoms with E-state index in [0.717, 1.165) is 83.7 Å². The molecule has 19 nitrogen and oxygen atoms in total. The number of rotatable bonds is 18. The Morgan fingerprint density at radius 1 is 0.643 bits per heavy atom. The number of H-pyrrole nitrogens is 1. The summed E-state index contributed by atoms with van der Waals surface area (Å²) in [6.07, 6.45) is 19.8. The molecule has 0 unspecified atom stereocenters. The number of allylic oxidation sites excluding steroid dienone is 2. The average molecular weight is 1370 g/mol. The number of aliphatic carboxylic acids is 2. The maximum Gasteiger partial charge on any atom is 0.307 e. The van der Waals surface area contributed by atoms with Crippen LogP contribution in [0.5, 0.6) is 0 Å². The lowest BCUT2D eigenvalue weighted by Gasteiger charge is -2.71. The summed E-state index contributed by atoms with van der Waals surface area (Å²) in [5.41, 5.74) is 12.0. The second-order valence-corrected chi connectivity index (χ2v) is 37.5. The predicted molar refractivity (Wildman–Crippen MR) is 386 cm³/mol. The summed E-state index contributed by atoms with van der Waals surface area (Å²) in [5.74, 6) is 2.53. The molecule has 2 aromatic rings. The van der Waals surface area contributed by atoms with Crippen molar-refractivity contribution in [1.82, 2.24) is 40.6 Å². The summed E-state index contributed by atoms with van der Waals surface area (Å²) in [4.78, 5) is 34.7. The van der Waals surface area contributed by atoms with Gasteiger partial charge in [0.2, 0.25) is 11.9 Å². The van der Waals surface area contributed by atoms with Crippen molar-refractivity contribution in [2.24, 2.45) is 125 Å². The summed E-state index contributed by atoms with van der Waals surface area (Å²) in [6, 6.07) is -0.0534. The van der Waals surface area contributed by atoms with Crippen molar-refractivity contribution in [2.75, 3.05) is 72.3 Å². The third-order valence-corrected chi connectivity index (χ3v) is 32.6. The van der Waals surface area contributed by atoms with Crippen LogP contribution in [0.2, 0.25) is 0 Å². The maximum atomic E-state index is 13.4. The molecule has 554 valence electrons. The Balaban J connectivity index is 0.000000196. The highest BCUT2D eigenvalue weighted by Gasteiger charge is 2.75. The number of nitrogens with two attached hydrogens (primary N) is 2. The zero-order valence-electron chi connectivity index (χ0n) is 64.9. The highest BCUT2D eigenvalue weighted by atomic mass is 16.5. The SMILES string of the molecule is CN[C@@](C)(CO[C@H]1[C@H](OC)C[C@@]23COC[C@]1(C)[C@@H]2CC[C@H]1C3=CC[C@@]2(C)[C@H](C(=O)O)[C@@](C)([C@H](C)C(C)C)CC[C@]12C)C(C)C.CN[C@@](C)(CO[C@H]1[C@H](n2cnc(N)n2)C[C@@]23COC[C@]1(C)[C@@H]2CC[C@H]1C3=CC[C@@]2(C)[C@H](C(=O)O)[C@@](C)([C@H](C)C(C)C)CC[C@]12C)C(C)C.Nc1ncn[nH]1. The first-order valence-electron chi connectivity index (χ1n) is 38.1. The fourth-order valence-electron chi connectivity index (χ4n) is 24.5. The number of nitrogens with zero attached hydrogens (tertiary/aromatic N) is 5. The largest absolute Gasteiger partial charge is 0.481 e. The van der Waals surface area contributed by atoms with Crippen LogP contribution in [0.3, 0.4) is 0 Å². The monoisotopic (exact) mass is 1370 g/mol. The number of hydrogen-bond donors (Lipinski definition) is 7. The van der Waals surface area contributed by atoms with Gasteiger partial charge in [0.15, 0.2) is 0 Å². The smallest absolute Gasteiger partial charge is 0.307 e. The van der Waals surface area contributed by atoms with Crippen LogP contribution >= 0.6 is 0 Å². The molecule has 0 spiro atoms. The highest BCUT2D eigenvalue weighted by molar-refractivity contribution is 5.74. The minimum absolute atomic E-state index is 0.0116. The lowest BCUT2D eigenvalue weighted by molar-refractivity contribution is -0.270. The average Bonchev–Trinajstić information content (AvgIpc) is 0.694. The van der Waals surface area contributed by atoms with Crippen LogP contribution in [-0.2, 0) is 33.3 Å². The first-order chi connectivity index (χ1) is 45.7. The van der Waals surface area contributed by atoms with E-state index in [-0.39, 0.29) is 101 Å². The minimum atomic E-state index is -0.618. The van der Waals surface area contributed by atoms with Crippen LogP contribution in [0.25, 0.3) is 0 Å². The van der Waals surface area contributed by atoms with Gasteiger partial charge in [-0.05, 0) is 197 Å².